The van der Waals surface area contributed by atoms with Crippen LogP contribution in [0.25, 0.3) is 0 Å². The molecule has 2 fully saturated rings. The van der Waals surface area contributed by atoms with E-state index in [1.807, 2.05) is 13.0 Å². The highest BCUT2D eigenvalue weighted by Crippen LogP contribution is 2.40. The van der Waals surface area contributed by atoms with Crippen molar-refractivity contribution in [3.05, 3.63) is 29.4 Å². The number of rotatable bonds is 7. The highest BCUT2D eigenvalue weighted by molar-refractivity contribution is 5.92. The maximum atomic E-state index is 12.1. The first kappa shape index (κ1) is 17.8. The summed E-state index contributed by atoms with van der Waals surface area (Å²) in [6.45, 7) is 5.06. The normalized spacial score (nSPS) is 17.0. The minimum atomic E-state index is -0.208. The number of piperidine rings is 1. The fourth-order valence-corrected chi connectivity index (χ4v) is 3.34. The third-order valence-electron chi connectivity index (χ3n) is 4.96. The fraction of sp³-hybridized carbons (Fsp3) is 0.579. The van der Waals surface area contributed by atoms with Crippen LogP contribution in [0, 0.1) is 6.92 Å². The van der Waals surface area contributed by atoms with Gasteiger partial charge in [0.05, 0.1) is 0 Å². The van der Waals surface area contributed by atoms with Crippen LogP contribution in [0.2, 0.25) is 0 Å². The minimum Gasteiger partial charge on any atom is -0.368 e. The standard InChI is InChI=1S/C19H26N6O2/c1-13-22-17(12-18(23-13)25-9-3-2-4-10-25)20-7-8-21-19(26)15-11-16(27-24-15)14-5-6-14/h11-12,14H,2-10H2,1H3,(H,21,26)(H,20,22,23). The summed E-state index contributed by atoms with van der Waals surface area (Å²) in [5.41, 5.74) is 0.349. The maximum Gasteiger partial charge on any atom is 0.273 e. The van der Waals surface area contributed by atoms with E-state index in [4.69, 9.17) is 4.52 Å². The summed E-state index contributed by atoms with van der Waals surface area (Å²) in [7, 11) is 0. The van der Waals surface area contributed by atoms with Gasteiger partial charge in [0.25, 0.3) is 5.91 Å². The second kappa shape index (κ2) is 7.94. The van der Waals surface area contributed by atoms with Gasteiger partial charge < -0.3 is 20.1 Å². The molecule has 1 amide bonds. The average molecular weight is 370 g/mol. The van der Waals surface area contributed by atoms with E-state index in [0.717, 1.165) is 49.2 Å². The van der Waals surface area contributed by atoms with Crippen LogP contribution < -0.4 is 15.5 Å². The van der Waals surface area contributed by atoms with E-state index in [9.17, 15) is 4.79 Å². The number of hydrogen-bond donors (Lipinski definition) is 2. The number of amides is 1. The Morgan fingerprint density at radius 1 is 1.19 bits per heavy atom. The van der Waals surface area contributed by atoms with Gasteiger partial charge in [-0.15, -0.1) is 0 Å². The maximum absolute atomic E-state index is 12.1. The molecule has 0 atom stereocenters. The summed E-state index contributed by atoms with van der Waals surface area (Å²) >= 11 is 0. The van der Waals surface area contributed by atoms with E-state index >= 15 is 0 Å². The topological polar surface area (TPSA) is 96.2 Å². The van der Waals surface area contributed by atoms with Crippen LogP contribution in [0.3, 0.4) is 0 Å². The molecule has 8 nitrogen and oxygen atoms in total. The van der Waals surface area contributed by atoms with Crippen molar-refractivity contribution in [2.75, 3.05) is 36.4 Å². The zero-order valence-corrected chi connectivity index (χ0v) is 15.7. The lowest BCUT2D eigenvalue weighted by molar-refractivity contribution is 0.0946. The SMILES string of the molecule is Cc1nc(NCCNC(=O)c2cc(C3CC3)on2)cc(N2CCCCC2)n1. The Morgan fingerprint density at radius 2 is 2.00 bits per heavy atom. The summed E-state index contributed by atoms with van der Waals surface area (Å²) in [5, 5.41) is 9.98. The molecule has 144 valence electrons. The molecule has 1 aliphatic carbocycles. The Morgan fingerprint density at radius 3 is 2.78 bits per heavy atom. The molecule has 0 spiro atoms. The number of carbonyl (C=O) groups is 1. The molecule has 1 aliphatic heterocycles. The van der Waals surface area contributed by atoms with Crippen molar-refractivity contribution in [2.45, 2.75) is 44.9 Å². The molecular weight excluding hydrogens is 344 g/mol. The van der Waals surface area contributed by atoms with Crippen molar-refractivity contribution < 1.29 is 9.32 Å². The van der Waals surface area contributed by atoms with Gasteiger partial charge in [-0.25, -0.2) is 9.97 Å². The predicted octanol–water partition coefficient (Wildman–Crippen LogP) is 2.48. The summed E-state index contributed by atoms with van der Waals surface area (Å²) in [6.07, 6.45) is 5.96. The lowest BCUT2D eigenvalue weighted by Gasteiger charge is -2.28. The zero-order chi connectivity index (χ0) is 18.6. The second-order valence-electron chi connectivity index (χ2n) is 7.28. The Balaban J connectivity index is 1.26. The first-order valence-electron chi connectivity index (χ1n) is 9.78. The van der Waals surface area contributed by atoms with Gasteiger partial charge in [-0.05, 0) is 39.0 Å². The molecule has 27 heavy (non-hydrogen) atoms. The number of carbonyl (C=O) groups excluding carboxylic acids is 1. The van der Waals surface area contributed by atoms with Crippen LogP contribution in [-0.2, 0) is 0 Å². The van der Waals surface area contributed by atoms with E-state index in [1.165, 1.54) is 19.3 Å². The van der Waals surface area contributed by atoms with Crippen LogP contribution in [0.5, 0.6) is 0 Å². The lowest BCUT2D eigenvalue weighted by Crippen LogP contribution is -2.31. The van der Waals surface area contributed by atoms with Crippen molar-refractivity contribution in [3.8, 4) is 0 Å². The number of nitrogens with one attached hydrogen (secondary N) is 2. The van der Waals surface area contributed by atoms with Gasteiger partial charge in [-0.2, -0.15) is 0 Å². The molecule has 3 heterocycles. The van der Waals surface area contributed by atoms with Crippen LogP contribution in [0.1, 0.15) is 60.1 Å². The third kappa shape index (κ3) is 4.56. The third-order valence-corrected chi connectivity index (χ3v) is 4.96. The van der Waals surface area contributed by atoms with Gasteiger partial charge in [-0.3, -0.25) is 4.79 Å². The average Bonchev–Trinajstić information content (AvgIpc) is 3.42. The van der Waals surface area contributed by atoms with Crippen molar-refractivity contribution in [1.82, 2.24) is 20.4 Å². The fourth-order valence-electron chi connectivity index (χ4n) is 3.34. The summed E-state index contributed by atoms with van der Waals surface area (Å²) in [6, 6.07) is 3.73. The molecular formula is C19H26N6O2. The van der Waals surface area contributed by atoms with E-state index in [1.54, 1.807) is 6.07 Å². The molecule has 2 N–H and O–H groups in total. The molecule has 1 saturated carbocycles. The summed E-state index contributed by atoms with van der Waals surface area (Å²) in [5.74, 6) is 3.58. The van der Waals surface area contributed by atoms with Gasteiger partial charge in [0.1, 0.15) is 23.2 Å². The Kier molecular flexibility index (Phi) is 5.22. The van der Waals surface area contributed by atoms with Gasteiger partial charge in [0.15, 0.2) is 5.69 Å². The Hall–Kier alpha value is -2.64. The number of nitrogens with zero attached hydrogens (tertiary/aromatic N) is 4. The van der Waals surface area contributed by atoms with E-state index in [2.05, 4.69) is 30.7 Å². The number of aromatic nitrogens is 3. The van der Waals surface area contributed by atoms with Crippen LogP contribution in [-0.4, -0.2) is 47.2 Å². The van der Waals surface area contributed by atoms with E-state index in [0.29, 0.717) is 24.7 Å². The molecule has 8 heteroatoms. The van der Waals surface area contributed by atoms with Crippen molar-refractivity contribution in [1.29, 1.82) is 0 Å². The molecule has 2 aromatic heterocycles. The predicted molar refractivity (Wildman–Crippen MR) is 102 cm³/mol. The van der Waals surface area contributed by atoms with Gasteiger partial charge in [0.2, 0.25) is 0 Å². The highest BCUT2D eigenvalue weighted by atomic mass is 16.5. The molecule has 4 rings (SSSR count). The smallest absolute Gasteiger partial charge is 0.273 e. The molecule has 2 aliphatic rings. The monoisotopic (exact) mass is 370 g/mol. The van der Waals surface area contributed by atoms with Crippen molar-refractivity contribution in [2.24, 2.45) is 0 Å². The van der Waals surface area contributed by atoms with E-state index < -0.39 is 0 Å². The quantitative estimate of drug-likeness (QED) is 0.723. The molecule has 2 aromatic rings. The summed E-state index contributed by atoms with van der Waals surface area (Å²) in [4.78, 5) is 23.5. The minimum absolute atomic E-state index is 0.208. The molecule has 1 saturated heterocycles. The molecule has 0 aromatic carbocycles. The van der Waals surface area contributed by atoms with Crippen LogP contribution >= 0.6 is 0 Å². The van der Waals surface area contributed by atoms with Crippen molar-refractivity contribution in [3.63, 3.8) is 0 Å². The lowest BCUT2D eigenvalue weighted by atomic mass is 10.1. The second-order valence-corrected chi connectivity index (χ2v) is 7.28. The first-order valence-corrected chi connectivity index (χ1v) is 9.78. The number of aryl methyl sites for hydroxylation is 1. The largest absolute Gasteiger partial charge is 0.368 e. The summed E-state index contributed by atoms with van der Waals surface area (Å²) < 4.78 is 5.22. The van der Waals surface area contributed by atoms with Crippen LogP contribution in [0.4, 0.5) is 11.6 Å². The van der Waals surface area contributed by atoms with Crippen molar-refractivity contribution >= 4 is 17.5 Å². The van der Waals surface area contributed by atoms with Gasteiger partial charge >= 0.3 is 0 Å². The van der Waals surface area contributed by atoms with Crippen LogP contribution in [0.15, 0.2) is 16.7 Å². The molecule has 0 radical (unpaired) electrons. The highest BCUT2D eigenvalue weighted by Gasteiger charge is 2.28. The Labute approximate surface area is 158 Å². The zero-order valence-electron chi connectivity index (χ0n) is 15.7. The number of hydrogen-bond acceptors (Lipinski definition) is 7. The van der Waals surface area contributed by atoms with Gasteiger partial charge in [-0.1, -0.05) is 5.16 Å². The molecule has 0 bridgehead atoms. The number of anilines is 2. The van der Waals surface area contributed by atoms with E-state index in [-0.39, 0.29) is 5.91 Å². The first-order chi connectivity index (χ1) is 13.2. The molecule has 0 unspecified atom stereocenters. The Bertz CT molecular complexity index is 795. The van der Waals surface area contributed by atoms with Gasteiger partial charge in [0, 0.05) is 44.2 Å².